The van der Waals surface area contributed by atoms with Gasteiger partial charge in [0.05, 0.1) is 5.52 Å². The van der Waals surface area contributed by atoms with E-state index in [2.05, 4.69) is 11.4 Å². The predicted molar refractivity (Wildman–Crippen MR) is 74.1 cm³/mol. The van der Waals surface area contributed by atoms with Crippen LogP contribution in [0.1, 0.15) is 5.56 Å². The van der Waals surface area contributed by atoms with Crippen molar-refractivity contribution < 1.29 is 73.7 Å². The fraction of sp³-hybridized carbons (Fsp3) is 0.308. The number of carbonyl (C=O) groups is 1. The summed E-state index contributed by atoms with van der Waals surface area (Å²) in [5.74, 6) is 0.182. The molecule has 0 spiro atoms. The largest absolute Gasteiger partial charge is 1.00 e. The monoisotopic (exact) mass is 394 g/mol. The normalized spacial score (nSPS) is 13.4. The van der Waals surface area contributed by atoms with Crippen molar-refractivity contribution in [2.45, 2.75) is 13.5 Å². The summed E-state index contributed by atoms with van der Waals surface area (Å²) in [7, 11) is 0. The molecule has 3 rings (SSSR count). The zero-order valence-electron chi connectivity index (χ0n) is 11.2. The van der Waals surface area contributed by atoms with Gasteiger partial charge in [-0.15, -0.1) is 13.1 Å². The first-order valence-corrected chi connectivity index (χ1v) is 5.74. The minimum absolute atomic E-state index is 0. The zero-order valence-corrected chi connectivity index (χ0v) is 18.4. The molecule has 0 aliphatic carbocycles. The van der Waals surface area contributed by atoms with Gasteiger partial charge >= 0.3 is 68.9 Å². The van der Waals surface area contributed by atoms with Crippen LogP contribution in [0.3, 0.4) is 0 Å². The summed E-state index contributed by atoms with van der Waals surface area (Å²) in [4.78, 5) is 17.9. The first kappa shape index (κ1) is 17.6. The Labute approximate surface area is 178 Å². The van der Waals surface area contributed by atoms with Crippen LogP contribution in [0.25, 0.3) is 10.9 Å². The molecule has 6 heteroatoms. The second-order valence-electron chi connectivity index (χ2n) is 4.42. The van der Waals surface area contributed by atoms with Crippen LogP contribution in [0.2, 0.25) is 0 Å². The summed E-state index contributed by atoms with van der Waals surface area (Å²) in [6.07, 6.45) is 7.73. The van der Waals surface area contributed by atoms with Crippen LogP contribution in [-0.2, 0) is 24.8 Å². The Morgan fingerprint density at radius 1 is 1.47 bits per heavy atom. The van der Waals surface area contributed by atoms with E-state index in [1.807, 2.05) is 34.9 Å². The molecule has 0 N–H and O–H groups in total. The molecule has 96 valence electrons. The summed E-state index contributed by atoms with van der Waals surface area (Å²) in [5.41, 5.74) is 2.24. The maximum absolute atomic E-state index is 11.9. The van der Waals surface area contributed by atoms with E-state index in [-0.39, 0.29) is 88.3 Å². The molecule has 0 bridgehead atoms. The molecule has 1 fully saturated rings. The van der Waals surface area contributed by atoms with Crippen molar-refractivity contribution in [3.63, 3.8) is 0 Å². The van der Waals surface area contributed by atoms with E-state index in [1.165, 1.54) is 0 Å². The third-order valence-corrected chi connectivity index (χ3v) is 3.24. The maximum atomic E-state index is 11.9. The quantitative estimate of drug-likeness (QED) is 0.340. The molecule has 2 aromatic rings. The Morgan fingerprint density at radius 3 is 2.84 bits per heavy atom. The SMILES string of the molecule is Cc1cn(CC(=O)N2C[CH-]C2)c2ccncc12.[Cs+].[SH-]. The summed E-state index contributed by atoms with van der Waals surface area (Å²) in [6.45, 7) is 4.04. The number of thiol groups is 1. The minimum Gasteiger partial charge on any atom is -0.813 e. The first-order chi connectivity index (χ1) is 8.25. The second kappa shape index (κ2) is 7.54. The molecule has 0 aromatic carbocycles. The Hall–Kier alpha value is 0.562. The van der Waals surface area contributed by atoms with Crippen LogP contribution < -0.4 is 68.9 Å². The van der Waals surface area contributed by atoms with Gasteiger partial charge in [0.1, 0.15) is 6.54 Å². The summed E-state index contributed by atoms with van der Waals surface area (Å²) < 4.78 is 2.01. The Balaban J connectivity index is 0.000000902. The fourth-order valence-electron chi connectivity index (χ4n) is 2.15. The molecular weight excluding hydrogens is 379 g/mol. The van der Waals surface area contributed by atoms with Crippen molar-refractivity contribution in [3.05, 3.63) is 36.6 Å². The summed E-state index contributed by atoms with van der Waals surface area (Å²) >= 11 is 0. The van der Waals surface area contributed by atoms with Gasteiger partial charge < -0.3 is 23.0 Å². The van der Waals surface area contributed by atoms with E-state index in [0.717, 1.165) is 29.6 Å². The van der Waals surface area contributed by atoms with Gasteiger partial charge in [-0.3, -0.25) is 16.2 Å². The molecule has 4 nitrogen and oxygen atoms in total. The van der Waals surface area contributed by atoms with Crippen LogP contribution in [0.4, 0.5) is 0 Å². The van der Waals surface area contributed by atoms with Gasteiger partial charge in [0.15, 0.2) is 0 Å². The first-order valence-electron chi connectivity index (χ1n) is 5.74. The average molecular weight is 394 g/mol. The topological polar surface area (TPSA) is 38.1 Å². The molecule has 0 atom stereocenters. The molecule has 3 heterocycles. The number of pyridine rings is 1. The number of aryl methyl sites for hydroxylation is 1. The molecule has 1 aliphatic heterocycles. The van der Waals surface area contributed by atoms with Crippen LogP contribution in [0.15, 0.2) is 24.7 Å². The fourth-order valence-corrected chi connectivity index (χ4v) is 2.15. The van der Waals surface area contributed by atoms with Crippen molar-refractivity contribution in [1.82, 2.24) is 14.5 Å². The number of nitrogens with zero attached hydrogens (tertiary/aromatic N) is 3. The number of hydrogen-bond donors (Lipinski definition) is 0. The van der Waals surface area contributed by atoms with Gasteiger partial charge in [-0.25, -0.2) is 0 Å². The number of aromatic nitrogens is 2. The predicted octanol–water partition coefficient (Wildman–Crippen LogP) is -1.87. The van der Waals surface area contributed by atoms with E-state index < -0.39 is 0 Å². The van der Waals surface area contributed by atoms with Gasteiger partial charge in [-0.1, -0.05) is 0 Å². The minimum atomic E-state index is 0. The van der Waals surface area contributed by atoms with Crippen molar-refractivity contribution in [2.75, 3.05) is 13.1 Å². The van der Waals surface area contributed by atoms with E-state index in [9.17, 15) is 4.79 Å². The van der Waals surface area contributed by atoms with Crippen LogP contribution in [0.5, 0.6) is 0 Å². The van der Waals surface area contributed by atoms with Gasteiger partial charge in [0.2, 0.25) is 5.91 Å². The average Bonchev–Trinajstić information content (AvgIpc) is 2.54. The Kier molecular flexibility index (Phi) is 6.99. The summed E-state index contributed by atoms with van der Waals surface area (Å²) in [5, 5.41) is 1.12. The molecule has 19 heavy (non-hydrogen) atoms. The molecule has 2 aromatic heterocycles. The van der Waals surface area contributed by atoms with E-state index in [1.54, 1.807) is 6.20 Å². The zero-order chi connectivity index (χ0) is 11.8. The van der Waals surface area contributed by atoms with Crippen molar-refractivity contribution in [1.29, 1.82) is 0 Å². The number of carbonyl (C=O) groups excluding carboxylic acids is 1. The molecule has 1 saturated heterocycles. The molecular formula is C13H15CsN3OS-. The van der Waals surface area contributed by atoms with E-state index >= 15 is 0 Å². The number of hydrogen-bond acceptors (Lipinski definition) is 3. The smallest absolute Gasteiger partial charge is 0.813 e. The van der Waals surface area contributed by atoms with Gasteiger partial charge in [-0.2, -0.15) is 0 Å². The Bertz CT molecular complexity index is 580. The van der Waals surface area contributed by atoms with Crippen molar-refractivity contribution >= 4 is 30.3 Å². The third-order valence-electron chi connectivity index (χ3n) is 3.24. The second-order valence-corrected chi connectivity index (χ2v) is 4.42. The third kappa shape index (κ3) is 3.61. The molecule has 0 unspecified atom stereocenters. The van der Waals surface area contributed by atoms with Gasteiger partial charge in [-0.05, 0) is 18.6 Å². The van der Waals surface area contributed by atoms with Crippen LogP contribution >= 0.6 is 0 Å². The Morgan fingerprint density at radius 2 is 2.21 bits per heavy atom. The van der Waals surface area contributed by atoms with Gasteiger partial charge in [0.25, 0.3) is 0 Å². The molecule has 0 radical (unpaired) electrons. The van der Waals surface area contributed by atoms with Crippen molar-refractivity contribution in [2.24, 2.45) is 0 Å². The van der Waals surface area contributed by atoms with Gasteiger partial charge in [0, 0.05) is 24.0 Å². The maximum Gasteiger partial charge on any atom is 1.00 e. The number of likely N-dealkylation sites (tertiary alicyclic amines) is 1. The van der Waals surface area contributed by atoms with E-state index in [4.69, 9.17) is 0 Å². The standard InChI is InChI=1S/C13H14N3O.Cs.H2S/c1-10-8-16(9-13(17)15-5-2-6-15)12-3-4-14-7-11(10)12;;/h2-4,7-8H,5-6,9H2,1H3;;1H2/q-1;+1;/p-1. The molecule has 1 aliphatic rings. The number of amides is 1. The van der Waals surface area contributed by atoms with Crippen LogP contribution in [-0.4, -0.2) is 33.4 Å². The number of rotatable bonds is 2. The van der Waals surface area contributed by atoms with Crippen LogP contribution in [0, 0.1) is 13.3 Å². The molecule has 0 saturated carbocycles. The summed E-state index contributed by atoms with van der Waals surface area (Å²) in [6, 6.07) is 1.96. The van der Waals surface area contributed by atoms with Crippen molar-refractivity contribution in [3.8, 4) is 0 Å². The molecule has 1 amide bonds. The van der Waals surface area contributed by atoms with E-state index in [0.29, 0.717) is 6.54 Å². The number of fused-ring (bicyclic) bond motifs is 1.